The molecule has 0 aromatic heterocycles. The molecule has 0 bridgehead atoms. The van der Waals surface area contributed by atoms with Crippen LogP contribution >= 0.6 is 0 Å². The Morgan fingerprint density at radius 2 is 1.76 bits per heavy atom. The van der Waals surface area contributed by atoms with Gasteiger partial charge >= 0.3 is 5.97 Å². The van der Waals surface area contributed by atoms with Crippen LogP contribution in [0.2, 0.25) is 0 Å². The fourth-order valence-electron chi connectivity index (χ4n) is 7.12. The highest BCUT2D eigenvalue weighted by molar-refractivity contribution is 5.73. The summed E-state index contributed by atoms with van der Waals surface area (Å²) < 4.78 is 12.0. The second-order valence-electron chi connectivity index (χ2n) is 10.0. The minimum absolute atomic E-state index is 0.0203. The van der Waals surface area contributed by atoms with Crippen molar-refractivity contribution in [2.75, 3.05) is 6.61 Å². The summed E-state index contributed by atoms with van der Waals surface area (Å²) >= 11 is 0. The number of aliphatic hydroxyl groups is 2. The van der Waals surface area contributed by atoms with E-state index in [1.54, 1.807) is 0 Å². The zero-order chi connectivity index (χ0) is 18.3. The number of ether oxygens (including phenoxy) is 2. The van der Waals surface area contributed by atoms with Crippen LogP contribution < -0.4 is 0 Å². The molecule has 142 valence electrons. The van der Waals surface area contributed by atoms with Crippen molar-refractivity contribution in [1.82, 2.24) is 0 Å². The van der Waals surface area contributed by atoms with E-state index in [0.29, 0.717) is 13.0 Å². The normalized spacial score (nSPS) is 54.7. The van der Waals surface area contributed by atoms with Gasteiger partial charge < -0.3 is 19.7 Å². The van der Waals surface area contributed by atoms with Gasteiger partial charge in [0.25, 0.3) is 0 Å². The van der Waals surface area contributed by atoms with Crippen LogP contribution in [-0.2, 0) is 14.3 Å². The first-order chi connectivity index (χ1) is 11.6. The molecule has 2 saturated heterocycles. The average Bonchev–Trinajstić information content (AvgIpc) is 3.08. The third-order valence-electron chi connectivity index (χ3n) is 8.26. The maximum atomic E-state index is 11.7. The highest BCUT2D eigenvalue weighted by Gasteiger charge is 2.71. The number of carbonyl (C=O) groups is 1. The summed E-state index contributed by atoms with van der Waals surface area (Å²) in [6.45, 7) is 9.00. The SMILES string of the molecule is C[C@@H]1[C@@H](O)[C@@H](O)[C@H]2C(C)(C)CCC[C@]2(C)[C@@]12CCC1(COC(=O)C1)O2. The first-order valence-corrected chi connectivity index (χ1v) is 9.79. The Bertz CT molecular complexity index is 589. The van der Waals surface area contributed by atoms with Crippen molar-refractivity contribution in [3.8, 4) is 0 Å². The molecule has 1 unspecified atom stereocenters. The predicted molar refractivity (Wildman–Crippen MR) is 91.8 cm³/mol. The summed E-state index contributed by atoms with van der Waals surface area (Å²) in [5, 5.41) is 21.9. The van der Waals surface area contributed by atoms with Gasteiger partial charge in [-0.15, -0.1) is 0 Å². The monoisotopic (exact) mass is 352 g/mol. The van der Waals surface area contributed by atoms with Crippen LogP contribution in [0.4, 0.5) is 0 Å². The van der Waals surface area contributed by atoms with Gasteiger partial charge in [-0.25, -0.2) is 0 Å². The molecule has 0 radical (unpaired) electrons. The van der Waals surface area contributed by atoms with E-state index >= 15 is 0 Å². The molecule has 5 heteroatoms. The molecule has 4 rings (SSSR count). The Balaban J connectivity index is 1.79. The third kappa shape index (κ3) is 2.15. The van der Waals surface area contributed by atoms with Crippen LogP contribution in [0.15, 0.2) is 0 Å². The van der Waals surface area contributed by atoms with Gasteiger partial charge in [0.1, 0.15) is 12.2 Å². The molecular weight excluding hydrogens is 320 g/mol. The summed E-state index contributed by atoms with van der Waals surface area (Å²) in [5.41, 5.74) is -1.33. The van der Waals surface area contributed by atoms with E-state index in [-0.39, 0.29) is 28.6 Å². The molecule has 25 heavy (non-hydrogen) atoms. The zero-order valence-electron chi connectivity index (χ0n) is 15.9. The second kappa shape index (κ2) is 5.20. The Morgan fingerprint density at radius 1 is 1.04 bits per heavy atom. The summed E-state index contributed by atoms with van der Waals surface area (Å²) in [7, 11) is 0. The summed E-state index contributed by atoms with van der Waals surface area (Å²) in [4.78, 5) is 11.7. The molecule has 0 aromatic rings. The maximum Gasteiger partial charge on any atom is 0.308 e. The lowest BCUT2D eigenvalue weighted by Crippen LogP contribution is -2.71. The molecule has 4 fully saturated rings. The smallest absolute Gasteiger partial charge is 0.308 e. The Morgan fingerprint density at radius 3 is 2.40 bits per heavy atom. The Labute approximate surface area is 150 Å². The first kappa shape index (κ1) is 17.7. The largest absolute Gasteiger partial charge is 0.463 e. The van der Waals surface area contributed by atoms with Crippen molar-refractivity contribution in [3.63, 3.8) is 0 Å². The van der Waals surface area contributed by atoms with E-state index in [1.807, 2.05) is 6.92 Å². The van der Waals surface area contributed by atoms with Gasteiger partial charge in [0.15, 0.2) is 0 Å². The quantitative estimate of drug-likeness (QED) is 0.655. The second-order valence-corrected chi connectivity index (χ2v) is 10.0. The van der Waals surface area contributed by atoms with Gasteiger partial charge in [0, 0.05) is 17.3 Å². The molecule has 0 amide bonds. The molecule has 2 spiro atoms. The van der Waals surface area contributed by atoms with Crippen molar-refractivity contribution in [3.05, 3.63) is 0 Å². The minimum atomic E-state index is -0.802. The minimum Gasteiger partial charge on any atom is -0.463 e. The van der Waals surface area contributed by atoms with E-state index in [2.05, 4.69) is 20.8 Å². The van der Waals surface area contributed by atoms with Crippen LogP contribution in [0, 0.1) is 22.7 Å². The van der Waals surface area contributed by atoms with Crippen LogP contribution in [0.5, 0.6) is 0 Å². The number of rotatable bonds is 0. The van der Waals surface area contributed by atoms with Gasteiger partial charge in [-0.05, 0) is 31.1 Å². The van der Waals surface area contributed by atoms with Crippen molar-refractivity contribution in [2.45, 2.75) is 89.6 Å². The number of esters is 1. The third-order valence-corrected chi connectivity index (χ3v) is 8.26. The number of carbonyl (C=O) groups excluding carboxylic acids is 1. The molecule has 2 saturated carbocycles. The van der Waals surface area contributed by atoms with E-state index in [0.717, 1.165) is 32.1 Å². The van der Waals surface area contributed by atoms with Crippen LogP contribution in [0.25, 0.3) is 0 Å². The van der Waals surface area contributed by atoms with Crippen molar-refractivity contribution >= 4 is 5.97 Å². The first-order valence-electron chi connectivity index (χ1n) is 9.79. The lowest BCUT2D eigenvalue weighted by Gasteiger charge is -2.66. The van der Waals surface area contributed by atoms with Crippen LogP contribution in [0.3, 0.4) is 0 Å². The highest BCUT2D eigenvalue weighted by Crippen LogP contribution is 2.68. The predicted octanol–water partition coefficient (Wildman–Crippen LogP) is 2.43. The van der Waals surface area contributed by atoms with Crippen molar-refractivity contribution in [1.29, 1.82) is 0 Å². The molecule has 5 nitrogen and oxygen atoms in total. The van der Waals surface area contributed by atoms with Crippen molar-refractivity contribution < 1.29 is 24.5 Å². The van der Waals surface area contributed by atoms with Gasteiger partial charge in [0.05, 0.1) is 24.2 Å². The molecule has 2 heterocycles. The number of cyclic esters (lactones) is 1. The van der Waals surface area contributed by atoms with E-state index in [9.17, 15) is 15.0 Å². The van der Waals surface area contributed by atoms with Gasteiger partial charge in [-0.2, -0.15) is 0 Å². The fraction of sp³-hybridized carbons (Fsp3) is 0.950. The van der Waals surface area contributed by atoms with Crippen molar-refractivity contribution in [2.24, 2.45) is 22.7 Å². The molecule has 4 aliphatic rings. The lowest BCUT2D eigenvalue weighted by atomic mass is 9.43. The molecule has 2 aliphatic heterocycles. The molecule has 2 aliphatic carbocycles. The lowest BCUT2D eigenvalue weighted by molar-refractivity contribution is -0.297. The topological polar surface area (TPSA) is 76.0 Å². The number of fused-ring (bicyclic) bond motifs is 2. The van der Waals surface area contributed by atoms with E-state index < -0.39 is 23.4 Å². The van der Waals surface area contributed by atoms with E-state index in [1.165, 1.54) is 0 Å². The standard InChI is InChI=1S/C20H32O5/c1-12-14(22)15(23)16-17(2,3)6-5-7-18(16,4)20(12)9-8-19(25-20)10-13(21)24-11-19/h12,14-16,22-23H,5-11H2,1-4H3/t12-,14-,15-,16+,18+,19?,20-/m1/s1. The Kier molecular flexibility index (Phi) is 3.69. The number of hydrogen-bond acceptors (Lipinski definition) is 5. The van der Waals surface area contributed by atoms with Crippen LogP contribution in [-0.4, -0.2) is 46.2 Å². The number of hydrogen-bond donors (Lipinski definition) is 2. The fourth-order valence-corrected chi connectivity index (χ4v) is 7.12. The molecular formula is C20H32O5. The maximum absolute atomic E-state index is 11.7. The molecule has 0 aromatic carbocycles. The highest BCUT2D eigenvalue weighted by atomic mass is 16.6. The Hall–Kier alpha value is -0.650. The average molecular weight is 352 g/mol. The summed E-state index contributed by atoms with van der Waals surface area (Å²) in [6, 6.07) is 0. The van der Waals surface area contributed by atoms with Gasteiger partial charge in [-0.3, -0.25) is 4.79 Å². The summed E-state index contributed by atoms with van der Waals surface area (Å²) in [6.07, 6.45) is 3.51. The summed E-state index contributed by atoms with van der Waals surface area (Å²) in [5.74, 6) is -0.382. The van der Waals surface area contributed by atoms with Gasteiger partial charge in [0.2, 0.25) is 0 Å². The molecule has 2 N–H and O–H groups in total. The zero-order valence-corrected chi connectivity index (χ0v) is 15.9. The van der Waals surface area contributed by atoms with Gasteiger partial charge in [-0.1, -0.05) is 34.1 Å². The molecule has 7 atom stereocenters. The van der Waals surface area contributed by atoms with E-state index in [4.69, 9.17) is 9.47 Å². The number of aliphatic hydroxyl groups excluding tert-OH is 2. The van der Waals surface area contributed by atoms with Crippen LogP contribution in [0.1, 0.15) is 66.2 Å².